The van der Waals surface area contributed by atoms with Gasteiger partial charge in [-0.2, -0.15) is 0 Å². The van der Waals surface area contributed by atoms with E-state index in [0.29, 0.717) is 0 Å². The molecule has 3 unspecified atom stereocenters. The number of hydrogen-bond donors (Lipinski definition) is 2. The van der Waals surface area contributed by atoms with Crippen molar-refractivity contribution in [2.45, 2.75) is 85.9 Å². The number of likely N-dealkylation sites (tertiary alicyclic amines) is 1. The largest absolute Gasteiger partial charge is 0.478 e. The van der Waals surface area contributed by atoms with Gasteiger partial charge in [-0.3, -0.25) is 14.5 Å². The predicted octanol–water partition coefficient (Wildman–Crippen LogP) is 2.91. The first-order valence-electron chi connectivity index (χ1n) is 11.0. The Morgan fingerprint density at radius 3 is 2.30 bits per heavy atom. The van der Waals surface area contributed by atoms with E-state index in [2.05, 4.69) is 17.1 Å². The molecule has 7 heteroatoms. The van der Waals surface area contributed by atoms with Crippen LogP contribution in [0.1, 0.15) is 67.7 Å². The molecule has 2 amide bonds. The number of rotatable bonds is 8. The topological polar surface area (TPSA) is 90.0 Å². The molecule has 0 aromatic carbocycles. The molecule has 1 heterocycles. The van der Waals surface area contributed by atoms with Gasteiger partial charge in [0.25, 0.3) is 0 Å². The van der Waals surface area contributed by atoms with Gasteiger partial charge in [0.1, 0.15) is 6.04 Å². The van der Waals surface area contributed by atoms with Crippen molar-refractivity contribution in [2.24, 2.45) is 11.3 Å². The van der Waals surface area contributed by atoms with Crippen molar-refractivity contribution in [3.05, 3.63) is 11.6 Å². The predicted molar refractivity (Wildman–Crippen MR) is 119 cm³/mol. The van der Waals surface area contributed by atoms with Crippen molar-refractivity contribution in [1.29, 1.82) is 0 Å². The monoisotopic (exact) mass is 423 g/mol. The van der Waals surface area contributed by atoms with Gasteiger partial charge in [0.05, 0.1) is 12.1 Å². The van der Waals surface area contributed by atoms with E-state index in [4.69, 9.17) is 0 Å². The van der Waals surface area contributed by atoms with Crippen LogP contribution in [0.15, 0.2) is 11.6 Å². The number of carboxylic acid groups (broad SMARTS) is 1. The number of carbonyl (C=O) groups is 3. The maximum atomic E-state index is 13.5. The van der Waals surface area contributed by atoms with Gasteiger partial charge in [-0.1, -0.05) is 54.0 Å². The molecule has 3 atom stereocenters. The maximum absolute atomic E-state index is 13.5. The third-order valence-corrected chi connectivity index (χ3v) is 5.96. The lowest BCUT2D eigenvalue weighted by Gasteiger charge is -2.39. The molecule has 1 saturated heterocycles. The standard InChI is InChI=1S/C23H41N3O4/c1-9-26-13-11-10-12-17(26)20(27)24-19(23(5,6)7)21(28)25(8)18(15(2)3)14-16(4)22(29)30/h14-15,17-19H,9-13H2,1-8H3,(H,24,27)(H,29,30)/b16-14+. The van der Waals surface area contributed by atoms with Gasteiger partial charge in [0, 0.05) is 12.6 Å². The zero-order chi connectivity index (χ0) is 23.2. The first-order chi connectivity index (χ1) is 13.8. The number of aliphatic carboxylic acids is 1. The van der Waals surface area contributed by atoms with E-state index in [-0.39, 0.29) is 35.4 Å². The lowest BCUT2D eigenvalue weighted by atomic mass is 9.84. The zero-order valence-corrected chi connectivity index (χ0v) is 20.0. The summed E-state index contributed by atoms with van der Waals surface area (Å²) in [5.74, 6) is -1.28. The van der Waals surface area contributed by atoms with Gasteiger partial charge in [-0.15, -0.1) is 0 Å². The average Bonchev–Trinajstić information content (AvgIpc) is 2.67. The summed E-state index contributed by atoms with van der Waals surface area (Å²) < 4.78 is 0. The van der Waals surface area contributed by atoms with E-state index in [1.807, 2.05) is 34.6 Å². The van der Waals surface area contributed by atoms with E-state index in [9.17, 15) is 19.5 Å². The molecule has 0 aromatic heterocycles. The SMILES string of the molecule is CCN1CCCCC1C(=O)NC(C(=O)N(C)C(/C=C(\C)C(=O)O)C(C)C)C(C)(C)C. The Balaban J connectivity index is 3.12. The molecule has 30 heavy (non-hydrogen) atoms. The van der Waals surface area contributed by atoms with Crippen molar-refractivity contribution >= 4 is 17.8 Å². The minimum Gasteiger partial charge on any atom is -0.478 e. The highest BCUT2D eigenvalue weighted by Crippen LogP contribution is 2.25. The molecule has 0 aliphatic carbocycles. The molecule has 1 aliphatic heterocycles. The molecule has 0 bridgehead atoms. The number of likely N-dealkylation sites (N-methyl/N-ethyl adjacent to an activating group) is 2. The van der Waals surface area contributed by atoms with Gasteiger partial charge in [0.15, 0.2) is 0 Å². The summed E-state index contributed by atoms with van der Waals surface area (Å²) in [6.45, 7) is 15.0. The first-order valence-corrected chi connectivity index (χ1v) is 11.0. The maximum Gasteiger partial charge on any atom is 0.331 e. The number of nitrogens with one attached hydrogen (secondary N) is 1. The van der Waals surface area contributed by atoms with Crippen LogP contribution in [0.5, 0.6) is 0 Å². The van der Waals surface area contributed by atoms with Crippen LogP contribution in [0.4, 0.5) is 0 Å². The number of piperidine rings is 1. The fourth-order valence-corrected chi connectivity index (χ4v) is 3.98. The Hall–Kier alpha value is -1.89. The van der Waals surface area contributed by atoms with E-state index in [1.165, 1.54) is 6.92 Å². The summed E-state index contributed by atoms with van der Waals surface area (Å²) in [7, 11) is 1.68. The Kier molecular flexibility index (Phi) is 9.53. The van der Waals surface area contributed by atoms with Crippen LogP contribution >= 0.6 is 0 Å². The second-order valence-electron chi connectivity index (χ2n) is 9.79. The molecule has 172 valence electrons. The van der Waals surface area contributed by atoms with E-state index in [0.717, 1.165) is 32.4 Å². The van der Waals surface area contributed by atoms with Crippen molar-refractivity contribution in [3.8, 4) is 0 Å². The lowest BCUT2D eigenvalue weighted by molar-refractivity contribution is -0.141. The Labute approximate surface area is 181 Å². The van der Waals surface area contributed by atoms with Gasteiger partial charge >= 0.3 is 5.97 Å². The molecule has 0 saturated carbocycles. The smallest absolute Gasteiger partial charge is 0.331 e. The van der Waals surface area contributed by atoms with Gasteiger partial charge in [-0.25, -0.2) is 4.79 Å². The number of amides is 2. The van der Waals surface area contributed by atoms with E-state index >= 15 is 0 Å². The Bertz CT molecular complexity index is 651. The van der Waals surface area contributed by atoms with E-state index < -0.39 is 17.4 Å². The molecule has 0 radical (unpaired) electrons. The molecule has 1 rings (SSSR count). The summed E-state index contributed by atoms with van der Waals surface area (Å²) in [6, 6.07) is -1.28. The molecule has 7 nitrogen and oxygen atoms in total. The minimum absolute atomic E-state index is 0.0264. The average molecular weight is 424 g/mol. The Morgan fingerprint density at radius 2 is 1.83 bits per heavy atom. The van der Waals surface area contributed by atoms with Crippen LogP contribution in [-0.4, -0.2) is 71.0 Å². The summed E-state index contributed by atoms with van der Waals surface area (Å²) in [4.78, 5) is 41.6. The molecule has 1 aliphatic rings. The van der Waals surface area contributed by atoms with Gasteiger partial charge in [0.2, 0.25) is 11.8 Å². The number of nitrogens with zero attached hydrogens (tertiary/aromatic N) is 2. The quantitative estimate of drug-likeness (QED) is 0.586. The van der Waals surface area contributed by atoms with Crippen LogP contribution in [0.25, 0.3) is 0 Å². The van der Waals surface area contributed by atoms with Crippen molar-refractivity contribution in [3.63, 3.8) is 0 Å². The third-order valence-electron chi connectivity index (χ3n) is 5.96. The molecule has 1 fully saturated rings. The summed E-state index contributed by atoms with van der Waals surface area (Å²) in [5.41, 5.74) is -0.287. The van der Waals surface area contributed by atoms with Crippen LogP contribution in [0, 0.1) is 11.3 Å². The highest BCUT2D eigenvalue weighted by atomic mass is 16.4. The molecule has 0 spiro atoms. The Morgan fingerprint density at radius 1 is 1.23 bits per heavy atom. The normalized spacial score (nSPS) is 20.6. The van der Waals surface area contributed by atoms with Crippen LogP contribution in [0.2, 0.25) is 0 Å². The zero-order valence-electron chi connectivity index (χ0n) is 20.0. The number of carbonyl (C=O) groups excluding carboxylic acids is 2. The first kappa shape index (κ1) is 26.1. The summed E-state index contributed by atoms with van der Waals surface area (Å²) in [5, 5.41) is 12.3. The van der Waals surface area contributed by atoms with Crippen LogP contribution in [-0.2, 0) is 14.4 Å². The highest BCUT2D eigenvalue weighted by molar-refractivity contribution is 5.91. The van der Waals surface area contributed by atoms with E-state index in [1.54, 1.807) is 18.0 Å². The van der Waals surface area contributed by atoms with Crippen molar-refractivity contribution in [2.75, 3.05) is 20.1 Å². The van der Waals surface area contributed by atoms with Crippen LogP contribution in [0.3, 0.4) is 0 Å². The molecular weight excluding hydrogens is 382 g/mol. The fourth-order valence-electron chi connectivity index (χ4n) is 3.98. The van der Waals surface area contributed by atoms with Crippen molar-refractivity contribution < 1.29 is 19.5 Å². The third kappa shape index (κ3) is 6.83. The lowest BCUT2D eigenvalue weighted by Crippen LogP contribution is -2.60. The van der Waals surface area contributed by atoms with Gasteiger partial charge < -0.3 is 15.3 Å². The minimum atomic E-state index is -1.00. The fraction of sp³-hybridized carbons (Fsp3) is 0.783. The number of hydrogen-bond acceptors (Lipinski definition) is 4. The van der Waals surface area contributed by atoms with Crippen molar-refractivity contribution in [1.82, 2.24) is 15.1 Å². The second-order valence-corrected chi connectivity index (χ2v) is 9.79. The summed E-state index contributed by atoms with van der Waals surface area (Å²) >= 11 is 0. The number of carboxylic acids is 1. The molecular formula is C23H41N3O4. The van der Waals surface area contributed by atoms with Gasteiger partial charge in [-0.05, 0) is 44.2 Å². The second kappa shape index (κ2) is 10.9. The molecule has 2 N–H and O–H groups in total. The highest BCUT2D eigenvalue weighted by Gasteiger charge is 2.39. The molecule has 0 aromatic rings. The summed E-state index contributed by atoms with van der Waals surface area (Å²) in [6.07, 6.45) is 4.52. The van der Waals surface area contributed by atoms with Crippen LogP contribution < -0.4 is 5.32 Å².